The highest BCUT2D eigenvalue weighted by molar-refractivity contribution is 6.33. The van der Waals surface area contributed by atoms with Gasteiger partial charge in [-0.2, -0.15) is 22.7 Å². The first-order chi connectivity index (χ1) is 26.5. The Balaban J connectivity index is 1.18. The number of aryl methyl sites for hydroxylation is 1. The van der Waals surface area contributed by atoms with Gasteiger partial charge in [0.25, 0.3) is 11.5 Å². The van der Waals surface area contributed by atoms with E-state index < -0.39 is 47.4 Å². The topological polar surface area (TPSA) is 160 Å². The number of nitrogens with zero attached hydrogens (tertiary/aromatic N) is 8. The fourth-order valence-electron chi connectivity index (χ4n) is 8.04. The third kappa shape index (κ3) is 6.17. The van der Waals surface area contributed by atoms with Gasteiger partial charge in [0.1, 0.15) is 18.5 Å². The molecule has 292 valence electrons. The molecule has 18 heteroatoms. The number of piperidine rings is 1. The van der Waals surface area contributed by atoms with Crippen molar-refractivity contribution in [3.05, 3.63) is 97.9 Å². The lowest BCUT2D eigenvalue weighted by atomic mass is 9.85. The van der Waals surface area contributed by atoms with Crippen LogP contribution in [0.15, 0.2) is 53.6 Å². The number of carbonyl (C=O) groups excluding carboxylic acids is 2. The molecule has 5 heterocycles. The maximum atomic E-state index is 14.6. The molecule has 14 nitrogen and oxygen atoms in total. The molecule has 3 aliphatic rings. The Hall–Kier alpha value is -5.39. The molecular weight excluding hydrogens is 755 g/mol. The van der Waals surface area contributed by atoms with Crippen LogP contribution in [0.3, 0.4) is 0 Å². The van der Waals surface area contributed by atoms with Crippen molar-refractivity contribution in [2.24, 2.45) is 0 Å². The average molecular weight is 792 g/mol. The van der Waals surface area contributed by atoms with Gasteiger partial charge in [0.2, 0.25) is 11.7 Å². The zero-order chi connectivity index (χ0) is 39.9. The van der Waals surface area contributed by atoms with Crippen molar-refractivity contribution in [3.8, 4) is 17.1 Å². The van der Waals surface area contributed by atoms with Gasteiger partial charge in [-0.3, -0.25) is 19.3 Å². The van der Waals surface area contributed by atoms with Crippen LogP contribution in [0.4, 0.5) is 18.9 Å². The molecule has 56 heavy (non-hydrogen) atoms. The molecule has 1 saturated heterocycles. The third-order valence-corrected chi connectivity index (χ3v) is 11.5. The van der Waals surface area contributed by atoms with Crippen molar-refractivity contribution >= 4 is 34.9 Å². The van der Waals surface area contributed by atoms with Gasteiger partial charge >= 0.3 is 6.18 Å². The lowest BCUT2D eigenvalue weighted by molar-refractivity contribution is -0.137. The predicted molar refractivity (Wildman–Crippen MR) is 197 cm³/mol. The molecule has 0 radical (unpaired) electrons. The number of halogens is 4. The number of anilines is 1. The van der Waals surface area contributed by atoms with E-state index in [-0.39, 0.29) is 76.5 Å². The number of aromatic nitrogens is 6. The van der Waals surface area contributed by atoms with Crippen molar-refractivity contribution in [2.45, 2.75) is 69.5 Å². The number of rotatable bonds is 7. The van der Waals surface area contributed by atoms with Gasteiger partial charge in [0, 0.05) is 24.2 Å². The van der Waals surface area contributed by atoms with E-state index in [1.807, 2.05) is 38.4 Å². The Morgan fingerprint density at radius 2 is 1.77 bits per heavy atom. The summed E-state index contributed by atoms with van der Waals surface area (Å²) in [4.78, 5) is 58.1. The van der Waals surface area contributed by atoms with Crippen LogP contribution in [0.5, 0.6) is 5.75 Å². The molecule has 2 N–H and O–H groups in total. The quantitative estimate of drug-likeness (QED) is 0.217. The van der Waals surface area contributed by atoms with E-state index in [1.165, 1.54) is 11.2 Å². The number of benzene rings is 2. The lowest BCUT2D eigenvalue weighted by Crippen LogP contribution is -2.47. The van der Waals surface area contributed by atoms with Gasteiger partial charge in [-0.25, -0.2) is 9.97 Å². The number of fused-ring (bicyclic) bond motifs is 3. The van der Waals surface area contributed by atoms with Crippen LogP contribution >= 0.6 is 11.6 Å². The molecule has 2 aromatic carbocycles. The highest BCUT2D eigenvalue weighted by Gasteiger charge is 2.51. The first-order valence-corrected chi connectivity index (χ1v) is 18.4. The molecule has 0 bridgehead atoms. The van der Waals surface area contributed by atoms with Crippen molar-refractivity contribution in [1.82, 2.24) is 38.9 Å². The van der Waals surface area contributed by atoms with Crippen LogP contribution in [-0.2, 0) is 33.4 Å². The number of amides is 2. The number of alkyl halides is 3. The molecule has 2 fully saturated rings. The van der Waals surface area contributed by atoms with Gasteiger partial charge < -0.3 is 24.6 Å². The molecule has 2 aliphatic heterocycles. The van der Waals surface area contributed by atoms with Crippen LogP contribution in [0.1, 0.15) is 77.3 Å². The fraction of sp³-hybridized carbons (Fsp3) is 0.395. The molecule has 1 saturated carbocycles. The summed E-state index contributed by atoms with van der Waals surface area (Å²) in [7, 11) is 4.09. The van der Waals surface area contributed by atoms with Gasteiger partial charge in [-0.05, 0) is 77.4 Å². The maximum Gasteiger partial charge on any atom is 0.416 e. The average Bonchev–Trinajstić information content (AvgIpc) is 3.77. The fourth-order valence-corrected chi connectivity index (χ4v) is 8.26. The molecule has 1 aliphatic carbocycles. The summed E-state index contributed by atoms with van der Waals surface area (Å²) in [6.07, 6.45) is -1.67. The minimum Gasteiger partial charge on any atom is -0.504 e. The second-order valence-electron chi connectivity index (χ2n) is 14.7. The first-order valence-electron chi connectivity index (χ1n) is 18.0. The van der Waals surface area contributed by atoms with Crippen molar-refractivity contribution in [1.29, 1.82) is 0 Å². The van der Waals surface area contributed by atoms with Gasteiger partial charge in [0.15, 0.2) is 17.3 Å². The summed E-state index contributed by atoms with van der Waals surface area (Å²) in [6.45, 7) is 3.19. The third-order valence-electron chi connectivity index (χ3n) is 11.2. The van der Waals surface area contributed by atoms with Crippen LogP contribution in [0.25, 0.3) is 17.2 Å². The zero-order valence-electron chi connectivity index (χ0n) is 30.8. The number of hydrogen-bond donors (Lipinski definition) is 2. The Labute approximate surface area is 322 Å². The second-order valence-corrected chi connectivity index (χ2v) is 15.2. The summed E-state index contributed by atoms with van der Waals surface area (Å²) in [5.41, 5.74) is -0.122. The van der Waals surface area contributed by atoms with E-state index >= 15 is 0 Å². The van der Waals surface area contributed by atoms with Gasteiger partial charge in [0.05, 0.1) is 39.3 Å². The van der Waals surface area contributed by atoms with E-state index in [9.17, 15) is 32.7 Å². The van der Waals surface area contributed by atoms with E-state index in [1.54, 1.807) is 18.4 Å². The summed E-state index contributed by atoms with van der Waals surface area (Å²) in [6, 6.07) is 10.5. The number of aromatic hydroxyl groups is 1. The Bertz CT molecular complexity index is 2470. The van der Waals surface area contributed by atoms with Crippen molar-refractivity contribution in [3.63, 3.8) is 0 Å². The SMILES string of the molecule is Cc1ncnc(C(=O)N2CCC3(CC2)OC(C)c2c3c(=O)n3nc(-c4ccc(C5(N(C)C)CC5)cc4)nc3n2CC(=O)Nc2ccc(C(F)(F)F)cc2Cl)c1O. The summed E-state index contributed by atoms with van der Waals surface area (Å²) in [5, 5.41) is 17.4. The minimum absolute atomic E-state index is 0.0288. The highest BCUT2D eigenvalue weighted by atomic mass is 35.5. The second kappa shape index (κ2) is 13.4. The number of nitrogens with one attached hydrogen (secondary N) is 1. The van der Waals surface area contributed by atoms with E-state index in [0.717, 1.165) is 41.1 Å². The minimum atomic E-state index is -4.63. The number of likely N-dealkylation sites (tertiary alicyclic amines) is 1. The highest BCUT2D eigenvalue weighted by Crippen LogP contribution is 2.50. The normalized spacial score (nSPS) is 18.4. The molecule has 5 aromatic rings. The molecule has 2 amide bonds. The molecule has 8 rings (SSSR count). The Morgan fingerprint density at radius 1 is 1.07 bits per heavy atom. The van der Waals surface area contributed by atoms with Crippen LogP contribution < -0.4 is 10.9 Å². The summed E-state index contributed by atoms with van der Waals surface area (Å²) >= 11 is 6.17. The van der Waals surface area contributed by atoms with Gasteiger partial charge in [-0.15, -0.1) is 5.10 Å². The van der Waals surface area contributed by atoms with Crippen molar-refractivity contribution in [2.75, 3.05) is 32.5 Å². The maximum absolute atomic E-state index is 14.6. The van der Waals surface area contributed by atoms with E-state index in [2.05, 4.69) is 25.3 Å². The number of carbonyl (C=O) groups is 2. The smallest absolute Gasteiger partial charge is 0.416 e. The number of hydrogen-bond acceptors (Lipinski definition) is 10. The zero-order valence-corrected chi connectivity index (χ0v) is 31.6. The van der Waals surface area contributed by atoms with E-state index in [0.29, 0.717) is 11.3 Å². The Morgan fingerprint density at radius 3 is 2.39 bits per heavy atom. The monoisotopic (exact) mass is 791 g/mol. The molecular formula is C38H37ClF3N9O5. The lowest BCUT2D eigenvalue weighted by Gasteiger charge is -2.39. The van der Waals surface area contributed by atoms with Crippen LogP contribution in [0, 0.1) is 6.92 Å². The van der Waals surface area contributed by atoms with Crippen LogP contribution in [-0.4, -0.2) is 83.0 Å². The largest absolute Gasteiger partial charge is 0.504 e. The summed E-state index contributed by atoms with van der Waals surface area (Å²) in [5.74, 6) is -1.15. The number of ether oxygens (including phenoxy) is 1. The standard InChI is InChI=1S/C38H37ClF3N9O5/c1-20-31(53)29(44-19-43-20)34(55)49-15-13-37(14-16-49)28-30(21(2)56-37)50(18-27(52)45-26-10-9-24(17-25(26)39)38(40,41)42)35-46-32(47-51(35)33(28)54)22-5-7-23(8-6-22)36(11-12-36)48(3)4/h5-10,17,19,21,53H,11-16,18H2,1-4H3,(H,45,52). The van der Waals surface area contributed by atoms with E-state index in [4.69, 9.17) is 21.3 Å². The summed E-state index contributed by atoms with van der Waals surface area (Å²) < 4.78 is 49.2. The van der Waals surface area contributed by atoms with Gasteiger partial charge in [-0.1, -0.05) is 35.9 Å². The molecule has 1 unspecified atom stereocenters. The van der Waals surface area contributed by atoms with Crippen LogP contribution in [0.2, 0.25) is 5.02 Å². The molecule has 1 atom stereocenters. The predicted octanol–water partition coefficient (Wildman–Crippen LogP) is 5.45. The molecule has 1 spiro atoms. The van der Waals surface area contributed by atoms with Crippen molar-refractivity contribution < 1.29 is 32.6 Å². The first kappa shape index (κ1) is 37.5. The molecule has 3 aromatic heterocycles. The Kier molecular flexibility index (Phi) is 8.97.